The lowest BCUT2D eigenvalue weighted by molar-refractivity contribution is -0.539. The molecule has 1 aliphatic rings. The Morgan fingerprint density at radius 1 is 1.09 bits per heavy atom. The molecule has 180 valence electrons. The van der Waals surface area contributed by atoms with E-state index in [9.17, 15) is 30.1 Å². The minimum Gasteiger partial charge on any atom is -0.496 e. The molecular weight excluding hydrogens is 512 g/mol. The quantitative estimate of drug-likeness (QED) is 0.397. The molecule has 0 heterocycles. The van der Waals surface area contributed by atoms with Crippen molar-refractivity contribution < 1.29 is 29.2 Å². The molecule has 1 aliphatic carbocycles. The van der Waals surface area contributed by atoms with Gasteiger partial charge in [-0.15, -0.1) is 0 Å². The second-order valence-corrected chi connectivity index (χ2v) is 8.33. The number of nitrogens with zero attached hydrogens (tertiary/aromatic N) is 2. The van der Waals surface area contributed by atoms with E-state index in [-0.39, 0.29) is 17.9 Å². The number of hydrogen-bond donors (Lipinski definition) is 1. The Bertz CT molecular complexity index is 1180. The van der Waals surface area contributed by atoms with Crippen LogP contribution in [-0.4, -0.2) is 40.7 Å². The summed E-state index contributed by atoms with van der Waals surface area (Å²) in [7, 11) is 2.91. The Kier molecular flexibility index (Phi) is 8.52. The summed E-state index contributed by atoms with van der Waals surface area (Å²) in [4.78, 5) is 32.0. The van der Waals surface area contributed by atoms with Crippen LogP contribution in [0.3, 0.4) is 0 Å². The molecule has 1 atom stereocenters. The van der Waals surface area contributed by atoms with Gasteiger partial charge in [0.2, 0.25) is 5.75 Å². The molecule has 2 aromatic carbocycles. The summed E-state index contributed by atoms with van der Waals surface area (Å²) in [6.45, 7) is 3.68. The molecule has 3 rings (SSSR count). The van der Waals surface area contributed by atoms with E-state index in [0.717, 1.165) is 17.2 Å². The van der Waals surface area contributed by atoms with Gasteiger partial charge < -0.3 is 14.6 Å². The van der Waals surface area contributed by atoms with Gasteiger partial charge in [-0.3, -0.25) is 20.2 Å². The first-order chi connectivity index (χ1) is 16.0. The van der Waals surface area contributed by atoms with Gasteiger partial charge in [-0.25, -0.2) is 4.79 Å². The second kappa shape index (κ2) is 10.9. The predicted molar refractivity (Wildman–Crippen MR) is 129 cm³/mol. The van der Waals surface area contributed by atoms with E-state index in [0.29, 0.717) is 21.4 Å². The number of aliphatic carboxylic acids is 1. The third kappa shape index (κ3) is 5.60. The fourth-order valence-corrected chi connectivity index (χ4v) is 4.11. The van der Waals surface area contributed by atoms with Crippen LogP contribution in [0.25, 0.3) is 5.57 Å². The molecule has 10 nitrogen and oxygen atoms in total. The van der Waals surface area contributed by atoms with Crippen LogP contribution in [0.2, 0.25) is 0 Å². The number of nitro benzene ring substituents is 1. The van der Waals surface area contributed by atoms with E-state index in [1.807, 2.05) is 19.1 Å². The lowest BCUT2D eigenvalue weighted by atomic mass is 9.83. The van der Waals surface area contributed by atoms with Crippen molar-refractivity contribution >= 4 is 33.2 Å². The van der Waals surface area contributed by atoms with Crippen LogP contribution in [0.5, 0.6) is 11.5 Å². The van der Waals surface area contributed by atoms with Crippen LogP contribution in [0.1, 0.15) is 23.1 Å². The number of ether oxygens (including phenoxy) is 2. The first-order valence-electron chi connectivity index (χ1n) is 9.86. The topological polar surface area (TPSA) is 142 Å². The molecule has 2 aromatic rings. The zero-order chi connectivity index (χ0) is 25.6. The smallest absolute Gasteiger partial charge is 0.387 e. The molecule has 11 heteroatoms. The number of carboxylic acid groups (broad SMARTS) is 1. The van der Waals surface area contributed by atoms with Gasteiger partial charge in [0.1, 0.15) is 5.75 Å². The molecule has 0 aliphatic heterocycles. The number of carbonyl (C=O) groups is 1. The van der Waals surface area contributed by atoms with Crippen LogP contribution >= 0.6 is 15.9 Å². The van der Waals surface area contributed by atoms with Crippen molar-refractivity contribution in [2.75, 3.05) is 14.2 Å². The molecule has 0 aromatic heterocycles. The molecule has 0 radical (unpaired) electrons. The minimum absolute atomic E-state index is 0.0191. The van der Waals surface area contributed by atoms with Gasteiger partial charge in [0.15, 0.2) is 0 Å². The number of carboxylic acids is 1. The summed E-state index contributed by atoms with van der Waals surface area (Å²) in [5.74, 6) is -0.652. The van der Waals surface area contributed by atoms with E-state index < -0.39 is 21.4 Å². The van der Waals surface area contributed by atoms with Gasteiger partial charge in [0.05, 0.1) is 30.0 Å². The molecule has 0 saturated carbocycles. The van der Waals surface area contributed by atoms with E-state index in [2.05, 4.69) is 15.9 Å². The van der Waals surface area contributed by atoms with E-state index in [4.69, 9.17) is 9.47 Å². The summed E-state index contributed by atoms with van der Waals surface area (Å²) in [5, 5.41) is 31.1. The monoisotopic (exact) mass is 534 g/mol. The maximum absolute atomic E-state index is 11.4. The summed E-state index contributed by atoms with van der Waals surface area (Å²) < 4.78 is 10.8. The molecule has 0 saturated heterocycles. The number of benzene rings is 2. The van der Waals surface area contributed by atoms with E-state index in [1.54, 1.807) is 25.1 Å². The molecule has 0 fully saturated rings. The number of aryl methyl sites for hydroxylation is 2. The Labute approximate surface area is 203 Å². The zero-order valence-electron chi connectivity index (χ0n) is 18.9. The Balaban J connectivity index is 0.000000270. The highest BCUT2D eigenvalue weighted by Crippen LogP contribution is 2.37. The molecule has 0 amide bonds. The zero-order valence-corrected chi connectivity index (χ0v) is 20.5. The van der Waals surface area contributed by atoms with Gasteiger partial charge in [0.25, 0.3) is 0 Å². The minimum atomic E-state index is -2.13. The molecule has 1 unspecified atom stereocenters. The van der Waals surface area contributed by atoms with Crippen molar-refractivity contribution in [1.82, 2.24) is 0 Å². The van der Waals surface area contributed by atoms with Gasteiger partial charge >= 0.3 is 17.2 Å². The fourth-order valence-electron chi connectivity index (χ4n) is 3.39. The standard InChI is InChI=1S/C15H15NO5.C8H8BrNO3/c1-10-5-6-13(21-2)12(8-10)11-4-3-7-15(9-11,14(17)18)16(19)20;1-5-3-6(9)8(13-2)7(4-5)10(11)12/h3-8H,9H2,1-2H3,(H,17,18);3-4H,1-2H3. The van der Waals surface area contributed by atoms with Crippen molar-refractivity contribution in [2.45, 2.75) is 25.8 Å². The Morgan fingerprint density at radius 3 is 2.29 bits per heavy atom. The Morgan fingerprint density at radius 2 is 1.76 bits per heavy atom. The highest BCUT2D eigenvalue weighted by atomic mass is 79.9. The van der Waals surface area contributed by atoms with Crippen LogP contribution in [0, 0.1) is 34.1 Å². The number of methoxy groups -OCH3 is 2. The third-order valence-corrected chi connectivity index (χ3v) is 5.68. The maximum Gasteiger partial charge on any atom is 0.387 e. The van der Waals surface area contributed by atoms with Gasteiger partial charge in [0, 0.05) is 22.6 Å². The maximum atomic E-state index is 11.4. The van der Waals surface area contributed by atoms with Gasteiger partial charge in [-0.05, 0) is 59.1 Å². The number of allylic oxidation sites excluding steroid dienone is 2. The van der Waals surface area contributed by atoms with Crippen molar-refractivity contribution in [3.05, 3.63) is 90.0 Å². The van der Waals surface area contributed by atoms with Crippen LogP contribution in [-0.2, 0) is 4.79 Å². The average molecular weight is 535 g/mol. The summed E-state index contributed by atoms with van der Waals surface area (Å²) in [6, 6.07) is 8.70. The number of rotatable bonds is 6. The molecule has 1 N–H and O–H groups in total. The predicted octanol–water partition coefficient (Wildman–Crippen LogP) is 5.12. The van der Waals surface area contributed by atoms with Gasteiger partial charge in [-0.1, -0.05) is 23.8 Å². The number of nitro groups is 2. The molecule has 0 spiro atoms. The lowest BCUT2D eigenvalue weighted by Crippen LogP contribution is -2.45. The highest BCUT2D eigenvalue weighted by molar-refractivity contribution is 9.10. The number of halogens is 1. The van der Waals surface area contributed by atoms with E-state index in [1.165, 1.54) is 26.4 Å². The summed E-state index contributed by atoms with van der Waals surface area (Å²) >= 11 is 3.20. The molecule has 0 bridgehead atoms. The van der Waals surface area contributed by atoms with E-state index >= 15 is 0 Å². The van der Waals surface area contributed by atoms with Crippen molar-refractivity contribution in [3.8, 4) is 11.5 Å². The van der Waals surface area contributed by atoms with Crippen molar-refractivity contribution in [3.63, 3.8) is 0 Å². The SMILES string of the molecule is COc1c(Br)cc(C)cc1[N+](=O)[O-].COc1ccc(C)cc1C1=CC=CC(C(=O)O)([N+](=O)[O-])C1. The molecular formula is C23H23BrN2O8. The second-order valence-electron chi connectivity index (χ2n) is 7.47. The van der Waals surface area contributed by atoms with Crippen molar-refractivity contribution in [2.24, 2.45) is 0 Å². The Hall–Kier alpha value is -3.73. The van der Waals surface area contributed by atoms with Gasteiger partial charge in [-0.2, -0.15) is 0 Å². The first kappa shape index (κ1) is 26.5. The first-order valence-corrected chi connectivity index (χ1v) is 10.7. The average Bonchev–Trinajstić information content (AvgIpc) is 2.78. The number of hydrogen-bond acceptors (Lipinski definition) is 7. The van der Waals surface area contributed by atoms with Crippen LogP contribution in [0.15, 0.2) is 53.0 Å². The van der Waals surface area contributed by atoms with Crippen LogP contribution < -0.4 is 9.47 Å². The summed E-state index contributed by atoms with van der Waals surface area (Å²) in [6.07, 6.45) is 3.99. The summed E-state index contributed by atoms with van der Waals surface area (Å²) in [5.41, 5.74) is 0.877. The normalized spacial score (nSPS) is 16.6. The largest absolute Gasteiger partial charge is 0.496 e. The highest BCUT2D eigenvalue weighted by Gasteiger charge is 2.50. The van der Waals surface area contributed by atoms with Crippen LogP contribution in [0.4, 0.5) is 5.69 Å². The fraction of sp³-hybridized carbons (Fsp3) is 0.261. The van der Waals surface area contributed by atoms with Crippen molar-refractivity contribution in [1.29, 1.82) is 0 Å². The third-order valence-electron chi connectivity index (χ3n) is 5.10. The molecule has 34 heavy (non-hydrogen) atoms. The lowest BCUT2D eigenvalue weighted by Gasteiger charge is -2.23.